The van der Waals surface area contributed by atoms with Gasteiger partial charge in [-0.3, -0.25) is 0 Å². The summed E-state index contributed by atoms with van der Waals surface area (Å²) in [6, 6.07) is 13.1. The van der Waals surface area contributed by atoms with Crippen molar-refractivity contribution in [1.29, 1.82) is 0 Å². The van der Waals surface area contributed by atoms with Gasteiger partial charge in [-0.1, -0.05) is 30.3 Å². The molecule has 0 amide bonds. The second kappa shape index (κ2) is 5.95. The van der Waals surface area contributed by atoms with E-state index in [1.165, 1.54) is 6.07 Å². The molecule has 2 aromatic carbocycles. The van der Waals surface area contributed by atoms with Gasteiger partial charge in [-0.05, 0) is 34.0 Å². The number of aromatic nitrogens is 2. The standard InChI is InChI=1S/C16H15BrFN3/c17-11-8-14-15(9-12(11)18)21-16(20-14)7-6-13(19)10-4-2-1-3-5-10/h1-5,8-9,13H,6-7,19H2,(H,20,21). The lowest BCUT2D eigenvalue weighted by Gasteiger charge is -2.10. The molecule has 0 radical (unpaired) electrons. The van der Waals surface area contributed by atoms with E-state index >= 15 is 0 Å². The first-order valence-electron chi connectivity index (χ1n) is 6.77. The maximum absolute atomic E-state index is 13.5. The Hall–Kier alpha value is -1.72. The summed E-state index contributed by atoms with van der Waals surface area (Å²) in [6.07, 6.45) is 1.51. The van der Waals surface area contributed by atoms with Gasteiger partial charge in [-0.25, -0.2) is 9.37 Å². The van der Waals surface area contributed by atoms with Gasteiger partial charge < -0.3 is 10.7 Å². The molecule has 1 unspecified atom stereocenters. The Balaban J connectivity index is 1.73. The molecule has 0 aliphatic carbocycles. The third-order valence-electron chi connectivity index (χ3n) is 3.49. The molecule has 0 aliphatic heterocycles. The number of hydrogen-bond donors (Lipinski definition) is 2. The summed E-state index contributed by atoms with van der Waals surface area (Å²) in [4.78, 5) is 7.62. The second-order valence-corrected chi connectivity index (χ2v) is 5.88. The zero-order valence-electron chi connectivity index (χ0n) is 11.3. The molecule has 0 fully saturated rings. The minimum absolute atomic E-state index is 0.0251. The summed E-state index contributed by atoms with van der Waals surface area (Å²) >= 11 is 3.17. The first-order valence-corrected chi connectivity index (χ1v) is 7.57. The van der Waals surface area contributed by atoms with E-state index in [1.807, 2.05) is 30.3 Å². The molecule has 3 rings (SSSR count). The summed E-state index contributed by atoms with van der Waals surface area (Å²) in [5.74, 6) is 0.535. The van der Waals surface area contributed by atoms with E-state index < -0.39 is 0 Å². The summed E-state index contributed by atoms with van der Waals surface area (Å²) < 4.78 is 13.9. The summed E-state index contributed by atoms with van der Waals surface area (Å²) in [5, 5.41) is 0. The van der Waals surface area contributed by atoms with E-state index in [1.54, 1.807) is 6.07 Å². The van der Waals surface area contributed by atoms with Crippen molar-refractivity contribution in [2.24, 2.45) is 5.73 Å². The van der Waals surface area contributed by atoms with Crippen LogP contribution in [-0.2, 0) is 6.42 Å². The zero-order valence-corrected chi connectivity index (χ0v) is 12.9. The van der Waals surface area contributed by atoms with Crippen LogP contribution in [0, 0.1) is 5.82 Å². The Kier molecular flexibility index (Phi) is 4.03. The van der Waals surface area contributed by atoms with Crippen molar-refractivity contribution in [3.63, 3.8) is 0 Å². The number of H-pyrrole nitrogens is 1. The van der Waals surface area contributed by atoms with Crippen LogP contribution in [0.2, 0.25) is 0 Å². The molecular formula is C16H15BrFN3. The fraction of sp³-hybridized carbons (Fsp3) is 0.188. The lowest BCUT2D eigenvalue weighted by molar-refractivity contribution is 0.622. The molecule has 3 aromatic rings. The van der Waals surface area contributed by atoms with E-state index in [0.29, 0.717) is 9.99 Å². The van der Waals surface area contributed by atoms with Crippen molar-refractivity contribution in [3.05, 3.63) is 64.1 Å². The lowest BCUT2D eigenvalue weighted by Crippen LogP contribution is -2.11. The molecule has 0 bridgehead atoms. The number of halogens is 2. The lowest BCUT2D eigenvalue weighted by atomic mass is 10.0. The van der Waals surface area contributed by atoms with Gasteiger partial charge >= 0.3 is 0 Å². The van der Waals surface area contributed by atoms with Crippen molar-refractivity contribution in [1.82, 2.24) is 9.97 Å². The number of nitrogens with one attached hydrogen (secondary N) is 1. The SMILES string of the molecule is NC(CCc1nc2cc(Br)c(F)cc2[nH]1)c1ccccc1. The van der Waals surface area contributed by atoms with Crippen LogP contribution in [0.3, 0.4) is 0 Å². The molecule has 1 aromatic heterocycles. The van der Waals surface area contributed by atoms with Gasteiger partial charge in [0.05, 0.1) is 15.5 Å². The average Bonchev–Trinajstić information content (AvgIpc) is 2.88. The number of rotatable bonds is 4. The van der Waals surface area contributed by atoms with Crippen LogP contribution in [-0.4, -0.2) is 9.97 Å². The van der Waals surface area contributed by atoms with Crippen LogP contribution in [0.4, 0.5) is 4.39 Å². The van der Waals surface area contributed by atoms with Crippen molar-refractivity contribution >= 4 is 27.0 Å². The Bertz CT molecular complexity index is 716. The van der Waals surface area contributed by atoms with Crippen molar-refractivity contribution in [2.45, 2.75) is 18.9 Å². The van der Waals surface area contributed by atoms with Crippen molar-refractivity contribution in [2.75, 3.05) is 0 Å². The van der Waals surface area contributed by atoms with Gasteiger partial charge in [0.1, 0.15) is 11.6 Å². The molecule has 108 valence electrons. The van der Waals surface area contributed by atoms with E-state index in [4.69, 9.17) is 5.73 Å². The molecule has 1 heterocycles. The minimum Gasteiger partial charge on any atom is -0.342 e. The first-order chi connectivity index (χ1) is 10.1. The molecule has 5 heteroatoms. The highest BCUT2D eigenvalue weighted by Crippen LogP contribution is 2.23. The topological polar surface area (TPSA) is 54.7 Å². The van der Waals surface area contributed by atoms with Gasteiger partial charge in [-0.2, -0.15) is 0 Å². The molecule has 0 spiro atoms. The van der Waals surface area contributed by atoms with E-state index in [0.717, 1.165) is 29.7 Å². The number of benzene rings is 2. The zero-order chi connectivity index (χ0) is 14.8. The molecule has 1 atom stereocenters. The highest BCUT2D eigenvalue weighted by Gasteiger charge is 2.10. The van der Waals surface area contributed by atoms with Crippen LogP contribution in [0.5, 0.6) is 0 Å². The Labute approximate surface area is 130 Å². The van der Waals surface area contributed by atoms with E-state index in [2.05, 4.69) is 25.9 Å². The maximum atomic E-state index is 13.5. The normalized spacial score (nSPS) is 12.7. The largest absolute Gasteiger partial charge is 0.342 e. The van der Waals surface area contributed by atoms with Crippen LogP contribution in [0.1, 0.15) is 23.9 Å². The van der Waals surface area contributed by atoms with Gasteiger partial charge in [0, 0.05) is 18.5 Å². The summed E-state index contributed by atoms with van der Waals surface area (Å²) in [6.45, 7) is 0. The number of aryl methyl sites for hydroxylation is 1. The fourth-order valence-corrected chi connectivity index (χ4v) is 2.67. The molecule has 0 aliphatic rings. The monoisotopic (exact) mass is 347 g/mol. The van der Waals surface area contributed by atoms with Crippen LogP contribution < -0.4 is 5.73 Å². The fourth-order valence-electron chi connectivity index (χ4n) is 2.34. The van der Waals surface area contributed by atoms with Crippen LogP contribution >= 0.6 is 15.9 Å². The van der Waals surface area contributed by atoms with Crippen LogP contribution in [0.15, 0.2) is 46.9 Å². The number of fused-ring (bicyclic) bond motifs is 1. The highest BCUT2D eigenvalue weighted by molar-refractivity contribution is 9.10. The number of hydrogen-bond acceptors (Lipinski definition) is 2. The summed E-state index contributed by atoms with van der Waals surface area (Å²) in [5.41, 5.74) is 8.75. The average molecular weight is 348 g/mol. The van der Waals surface area contributed by atoms with E-state index in [-0.39, 0.29) is 11.9 Å². The van der Waals surface area contributed by atoms with Gasteiger partial charge in [-0.15, -0.1) is 0 Å². The molecule has 3 N–H and O–H groups in total. The number of nitrogens with two attached hydrogens (primary N) is 1. The van der Waals surface area contributed by atoms with Crippen molar-refractivity contribution < 1.29 is 4.39 Å². The smallest absolute Gasteiger partial charge is 0.139 e. The molecule has 0 saturated heterocycles. The molecule has 0 saturated carbocycles. The Morgan fingerprint density at radius 1 is 1.24 bits per heavy atom. The minimum atomic E-state index is -0.293. The number of imidazole rings is 1. The number of aromatic amines is 1. The van der Waals surface area contributed by atoms with Gasteiger partial charge in [0.2, 0.25) is 0 Å². The summed E-state index contributed by atoms with van der Waals surface area (Å²) in [7, 11) is 0. The Morgan fingerprint density at radius 3 is 2.76 bits per heavy atom. The van der Waals surface area contributed by atoms with Crippen molar-refractivity contribution in [3.8, 4) is 0 Å². The number of nitrogens with zero attached hydrogens (tertiary/aromatic N) is 1. The highest BCUT2D eigenvalue weighted by atomic mass is 79.9. The maximum Gasteiger partial charge on any atom is 0.139 e. The molecule has 3 nitrogen and oxygen atoms in total. The third kappa shape index (κ3) is 3.14. The van der Waals surface area contributed by atoms with Gasteiger partial charge in [0.15, 0.2) is 0 Å². The predicted molar refractivity (Wildman–Crippen MR) is 85.4 cm³/mol. The van der Waals surface area contributed by atoms with Crippen LogP contribution in [0.25, 0.3) is 11.0 Å². The third-order valence-corrected chi connectivity index (χ3v) is 4.10. The predicted octanol–water partition coefficient (Wildman–Crippen LogP) is 4.10. The van der Waals surface area contributed by atoms with Gasteiger partial charge in [0.25, 0.3) is 0 Å². The molecule has 21 heavy (non-hydrogen) atoms. The quantitative estimate of drug-likeness (QED) is 0.746. The second-order valence-electron chi connectivity index (χ2n) is 5.02. The first kappa shape index (κ1) is 14.2. The molecular weight excluding hydrogens is 333 g/mol. The van der Waals surface area contributed by atoms with E-state index in [9.17, 15) is 4.39 Å². The Morgan fingerprint density at radius 2 is 2.00 bits per heavy atom.